The zero-order valence-corrected chi connectivity index (χ0v) is 20.3. The van der Waals surface area contributed by atoms with Crippen LogP contribution in [0.4, 0.5) is 0 Å². The van der Waals surface area contributed by atoms with Gasteiger partial charge < -0.3 is 17.6 Å². The van der Waals surface area contributed by atoms with E-state index in [2.05, 4.69) is 15.1 Å². The number of hydrogen-bond donors (Lipinski definition) is 1. The molecular weight excluding hydrogens is 415 g/mol. The smallest absolute Gasteiger partial charge is 0.225 e. The third-order valence-electron chi connectivity index (χ3n) is 6.58. The van der Waals surface area contributed by atoms with Crippen LogP contribution in [-0.2, 0) is 42.3 Å². The molecule has 1 amide bonds. The minimum atomic E-state index is 0. The van der Waals surface area contributed by atoms with Crippen molar-refractivity contribution >= 4 is 11.7 Å². The average molecular weight is 453 g/mol. The standard InChI is InChI=1S/C20H35N3O2.CH3.Y/c1-2-19(24)17-3-5-18(6-4-17)20(25)23-13-11-22(12-14-23)10-8-16-7-9-21-15-16;;/h16-18,21H,2-15H2,1H3;1H3;/q;-1;. The van der Waals surface area contributed by atoms with Gasteiger partial charge in [-0.3, -0.25) is 14.5 Å². The monoisotopic (exact) mass is 453 g/mol. The second-order valence-corrected chi connectivity index (χ2v) is 8.18. The van der Waals surface area contributed by atoms with Crippen LogP contribution in [0.25, 0.3) is 0 Å². The molecule has 1 unspecified atom stereocenters. The van der Waals surface area contributed by atoms with Gasteiger partial charge in [-0.05, 0) is 64.1 Å². The van der Waals surface area contributed by atoms with Gasteiger partial charge in [0.25, 0.3) is 0 Å². The van der Waals surface area contributed by atoms with Gasteiger partial charge in [0.05, 0.1) is 0 Å². The zero-order valence-electron chi connectivity index (χ0n) is 17.4. The first-order chi connectivity index (χ1) is 12.2. The zero-order chi connectivity index (χ0) is 17.6. The predicted molar refractivity (Wildman–Crippen MR) is 106 cm³/mol. The van der Waals surface area contributed by atoms with Gasteiger partial charge in [-0.2, -0.15) is 0 Å². The van der Waals surface area contributed by atoms with Crippen LogP contribution in [-0.4, -0.2) is 67.3 Å². The summed E-state index contributed by atoms with van der Waals surface area (Å²) >= 11 is 0. The molecule has 1 atom stereocenters. The summed E-state index contributed by atoms with van der Waals surface area (Å²) in [6.07, 6.45) is 6.89. The first kappa shape index (κ1) is 25.2. The third-order valence-corrected chi connectivity index (χ3v) is 6.58. The Morgan fingerprint density at radius 2 is 1.59 bits per heavy atom. The summed E-state index contributed by atoms with van der Waals surface area (Å²) in [5.74, 6) is 1.97. The number of hydrogen-bond acceptors (Lipinski definition) is 4. The number of Topliss-reactive ketones (excluding diaryl/α,β-unsaturated/α-hetero) is 1. The Morgan fingerprint density at radius 1 is 0.963 bits per heavy atom. The van der Waals surface area contributed by atoms with Gasteiger partial charge >= 0.3 is 0 Å². The van der Waals surface area contributed by atoms with Crippen molar-refractivity contribution in [1.29, 1.82) is 0 Å². The first-order valence-corrected chi connectivity index (χ1v) is 10.4. The molecule has 3 fully saturated rings. The maximum atomic E-state index is 12.8. The molecule has 0 spiro atoms. The van der Waals surface area contributed by atoms with Gasteiger partial charge in [0.2, 0.25) is 5.91 Å². The van der Waals surface area contributed by atoms with E-state index in [0.29, 0.717) is 18.1 Å². The van der Waals surface area contributed by atoms with Crippen molar-refractivity contribution in [2.75, 3.05) is 45.8 Å². The van der Waals surface area contributed by atoms with Gasteiger partial charge in [0.15, 0.2) is 0 Å². The van der Waals surface area contributed by atoms with Crippen molar-refractivity contribution in [3.8, 4) is 0 Å². The topological polar surface area (TPSA) is 52.7 Å². The molecule has 1 N–H and O–H groups in total. The molecule has 0 aromatic carbocycles. The summed E-state index contributed by atoms with van der Waals surface area (Å²) in [6.45, 7) is 9.30. The number of ketones is 1. The van der Waals surface area contributed by atoms with Crippen LogP contribution in [0, 0.1) is 25.2 Å². The molecule has 1 aliphatic carbocycles. The summed E-state index contributed by atoms with van der Waals surface area (Å²) in [5, 5.41) is 3.44. The average Bonchev–Trinajstić information content (AvgIpc) is 3.19. The molecule has 0 aromatic rings. The van der Waals surface area contributed by atoms with E-state index in [1.807, 2.05) is 6.92 Å². The summed E-state index contributed by atoms with van der Waals surface area (Å²) in [4.78, 5) is 29.2. The van der Waals surface area contributed by atoms with Gasteiger partial charge in [0.1, 0.15) is 5.78 Å². The van der Waals surface area contributed by atoms with Crippen LogP contribution in [0.5, 0.6) is 0 Å². The molecule has 0 bridgehead atoms. The largest absolute Gasteiger partial charge is 0.358 e. The van der Waals surface area contributed by atoms with Crippen LogP contribution in [0.15, 0.2) is 0 Å². The van der Waals surface area contributed by atoms with E-state index in [9.17, 15) is 9.59 Å². The summed E-state index contributed by atoms with van der Waals surface area (Å²) in [6, 6.07) is 0. The number of carbonyl (C=O) groups excluding carboxylic acids is 2. The molecule has 1 saturated carbocycles. The van der Waals surface area contributed by atoms with Crippen LogP contribution in [0.2, 0.25) is 0 Å². The van der Waals surface area contributed by atoms with E-state index in [1.165, 1.54) is 32.5 Å². The molecule has 153 valence electrons. The van der Waals surface area contributed by atoms with E-state index >= 15 is 0 Å². The van der Waals surface area contributed by atoms with E-state index in [1.54, 1.807) is 0 Å². The minimum Gasteiger partial charge on any atom is -0.358 e. The van der Waals surface area contributed by atoms with Crippen molar-refractivity contribution in [3.63, 3.8) is 0 Å². The fraction of sp³-hybridized carbons (Fsp3) is 0.857. The Balaban J connectivity index is 0.00000182. The number of rotatable bonds is 6. The molecule has 5 nitrogen and oxygen atoms in total. The number of nitrogens with one attached hydrogen (secondary N) is 1. The van der Waals surface area contributed by atoms with E-state index < -0.39 is 0 Å². The molecule has 2 saturated heterocycles. The molecule has 6 heteroatoms. The Hall–Kier alpha value is 0.164. The fourth-order valence-electron chi connectivity index (χ4n) is 4.73. The predicted octanol–water partition coefficient (Wildman–Crippen LogP) is 2.36. The van der Waals surface area contributed by atoms with E-state index in [-0.39, 0.29) is 52.0 Å². The minimum absolute atomic E-state index is 0. The number of amides is 1. The molecule has 3 rings (SSSR count). The van der Waals surface area contributed by atoms with Crippen molar-refractivity contribution in [1.82, 2.24) is 15.1 Å². The second kappa shape index (κ2) is 12.7. The van der Waals surface area contributed by atoms with Gasteiger partial charge in [-0.1, -0.05) is 6.92 Å². The SMILES string of the molecule is CCC(=O)C1CCC(C(=O)N2CCN(CCC3CCNC3)CC2)CC1.[CH3-].[Y]. The molecule has 3 aliphatic rings. The summed E-state index contributed by atoms with van der Waals surface area (Å²) in [7, 11) is 0. The molecular formula is C21H38N3O2Y-. The van der Waals surface area contributed by atoms with Gasteiger partial charge in [-0.15, -0.1) is 0 Å². The normalized spacial score (nSPS) is 28.9. The van der Waals surface area contributed by atoms with Crippen LogP contribution in [0.1, 0.15) is 51.9 Å². The maximum absolute atomic E-state index is 12.8. The van der Waals surface area contributed by atoms with Crippen molar-refractivity contribution < 1.29 is 42.3 Å². The third kappa shape index (κ3) is 7.17. The van der Waals surface area contributed by atoms with Crippen molar-refractivity contribution in [2.45, 2.75) is 51.9 Å². The van der Waals surface area contributed by atoms with Crippen LogP contribution in [0.3, 0.4) is 0 Å². The van der Waals surface area contributed by atoms with Crippen molar-refractivity contribution in [3.05, 3.63) is 7.43 Å². The van der Waals surface area contributed by atoms with Gasteiger partial charge in [0, 0.05) is 77.1 Å². The van der Waals surface area contributed by atoms with E-state index in [0.717, 1.165) is 57.8 Å². The first-order valence-electron chi connectivity index (χ1n) is 10.4. The maximum Gasteiger partial charge on any atom is 0.225 e. The Kier molecular flexibility index (Phi) is 11.8. The number of piperazine rings is 1. The number of nitrogens with zero attached hydrogens (tertiary/aromatic N) is 2. The van der Waals surface area contributed by atoms with Crippen LogP contribution >= 0.6 is 0 Å². The molecule has 2 heterocycles. The van der Waals surface area contributed by atoms with Crippen LogP contribution < -0.4 is 5.32 Å². The van der Waals surface area contributed by atoms with Gasteiger partial charge in [-0.25, -0.2) is 0 Å². The number of carbonyl (C=O) groups is 2. The Bertz CT molecular complexity index is 452. The van der Waals surface area contributed by atoms with E-state index in [4.69, 9.17) is 0 Å². The molecule has 0 aromatic heterocycles. The second-order valence-electron chi connectivity index (χ2n) is 8.18. The fourth-order valence-corrected chi connectivity index (χ4v) is 4.73. The quantitative estimate of drug-likeness (QED) is 0.628. The van der Waals surface area contributed by atoms with Crippen molar-refractivity contribution in [2.24, 2.45) is 17.8 Å². The summed E-state index contributed by atoms with van der Waals surface area (Å²) < 4.78 is 0. The Labute approximate surface area is 191 Å². The molecule has 2 aliphatic heterocycles. The summed E-state index contributed by atoms with van der Waals surface area (Å²) in [5.41, 5.74) is 0. The Morgan fingerprint density at radius 3 is 2.15 bits per heavy atom. The molecule has 1 radical (unpaired) electrons. The molecule has 27 heavy (non-hydrogen) atoms.